The van der Waals surface area contributed by atoms with Crippen LogP contribution in [0.25, 0.3) is 0 Å². The van der Waals surface area contributed by atoms with Crippen LogP contribution in [-0.4, -0.2) is 51.4 Å². The Morgan fingerprint density at radius 2 is 1.58 bits per heavy atom. The van der Waals surface area contributed by atoms with Gasteiger partial charge in [-0.05, 0) is 60.0 Å². The maximum absolute atomic E-state index is 14.5. The van der Waals surface area contributed by atoms with Crippen molar-refractivity contribution in [2.75, 3.05) is 24.5 Å². The largest absolute Gasteiger partial charge is 0.495 e. The summed E-state index contributed by atoms with van der Waals surface area (Å²) in [4.78, 5) is 29.7. The SMILES string of the molecule is CCCNC(=O)[C@H](Cc1ccccc1)N(Cc1cccc(Br)c1)C(=O)CN(c1ccc(OC)c(Cl)c1)S(=O)(=O)c1ccccc1. The van der Waals surface area contributed by atoms with E-state index in [0.29, 0.717) is 18.7 Å². The standard InChI is InChI=1S/C34H35BrClN3O5S/c1-3-19-37-34(41)31(21-25-11-6-4-7-12-25)38(23-26-13-10-14-27(35)20-26)33(40)24-39(28-17-18-32(44-2)30(36)22-28)45(42,43)29-15-8-5-9-16-29/h4-18,20,22,31H,3,19,21,23-24H2,1-2H3,(H,37,41)/t31-/m0/s1. The second-order valence-corrected chi connectivity index (χ2v) is 13.5. The van der Waals surface area contributed by atoms with Crippen LogP contribution in [0.1, 0.15) is 24.5 Å². The number of sulfonamides is 1. The summed E-state index contributed by atoms with van der Waals surface area (Å²) in [5.41, 5.74) is 1.80. The van der Waals surface area contributed by atoms with Gasteiger partial charge in [0.2, 0.25) is 11.8 Å². The second-order valence-electron chi connectivity index (χ2n) is 10.3. The fraction of sp³-hybridized carbons (Fsp3) is 0.235. The normalized spacial score (nSPS) is 11.8. The molecule has 45 heavy (non-hydrogen) atoms. The maximum atomic E-state index is 14.5. The van der Waals surface area contributed by atoms with Crippen molar-refractivity contribution in [3.63, 3.8) is 0 Å². The molecule has 4 aromatic rings. The zero-order valence-electron chi connectivity index (χ0n) is 25.0. The third kappa shape index (κ3) is 8.87. The molecule has 0 saturated heterocycles. The number of amides is 2. The zero-order chi connectivity index (χ0) is 32.4. The first kappa shape index (κ1) is 34.0. The monoisotopic (exact) mass is 711 g/mol. The molecule has 11 heteroatoms. The van der Waals surface area contributed by atoms with Crippen molar-refractivity contribution < 1.29 is 22.7 Å². The number of anilines is 1. The van der Waals surface area contributed by atoms with Crippen LogP contribution < -0.4 is 14.4 Å². The van der Waals surface area contributed by atoms with Gasteiger partial charge in [-0.1, -0.05) is 95.1 Å². The molecular weight excluding hydrogens is 678 g/mol. The summed E-state index contributed by atoms with van der Waals surface area (Å²) in [7, 11) is -2.78. The highest BCUT2D eigenvalue weighted by Crippen LogP contribution is 2.32. The number of benzene rings is 4. The molecule has 0 fully saturated rings. The van der Waals surface area contributed by atoms with E-state index in [9.17, 15) is 18.0 Å². The molecule has 236 valence electrons. The number of methoxy groups -OCH3 is 1. The minimum absolute atomic E-state index is 0.00445. The topological polar surface area (TPSA) is 96.0 Å². The highest BCUT2D eigenvalue weighted by molar-refractivity contribution is 9.10. The molecule has 4 aromatic carbocycles. The first-order chi connectivity index (χ1) is 21.6. The van der Waals surface area contributed by atoms with E-state index >= 15 is 0 Å². The Morgan fingerprint density at radius 1 is 0.911 bits per heavy atom. The van der Waals surface area contributed by atoms with E-state index in [4.69, 9.17) is 16.3 Å². The van der Waals surface area contributed by atoms with Crippen LogP contribution >= 0.6 is 27.5 Å². The van der Waals surface area contributed by atoms with Gasteiger partial charge < -0.3 is 15.0 Å². The fourth-order valence-electron chi connectivity index (χ4n) is 4.81. The number of carbonyl (C=O) groups is 2. The van der Waals surface area contributed by atoms with Crippen LogP contribution in [0.5, 0.6) is 5.75 Å². The Morgan fingerprint density at radius 3 is 2.20 bits per heavy atom. The van der Waals surface area contributed by atoms with E-state index < -0.39 is 28.5 Å². The predicted molar refractivity (Wildman–Crippen MR) is 181 cm³/mol. The molecule has 0 bridgehead atoms. The van der Waals surface area contributed by atoms with Crippen LogP contribution in [0.3, 0.4) is 0 Å². The molecule has 4 rings (SSSR count). The van der Waals surface area contributed by atoms with Gasteiger partial charge >= 0.3 is 0 Å². The molecule has 0 heterocycles. The Hall–Kier alpha value is -3.86. The van der Waals surface area contributed by atoms with Crippen molar-refractivity contribution in [2.45, 2.75) is 37.2 Å². The smallest absolute Gasteiger partial charge is 0.264 e. The third-order valence-corrected chi connectivity index (χ3v) is 9.67. The van der Waals surface area contributed by atoms with Gasteiger partial charge in [-0.15, -0.1) is 0 Å². The number of halogens is 2. The van der Waals surface area contributed by atoms with Crippen molar-refractivity contribution in [2.24, 2.45) is 0 Å². The molecule has 0 unspecified atom stereocenters. The fourth-order valence-corrected chi connectivity index (χ4v) is 6.94. The Balaban J connectivity index is 1.81. The number of ether oxygens (including phenoxy) is 1. The van der Waals surface area contributed by atoms with Crippen molar-refractivity contribution in [1.29, 1.82) is 0 Å². The Labute approximate surface area is 278 Å². The summed E-state index contributed by atoms with van der Waals surface area (Å²) in [5.74, 6) is -0.529. The van der Waals surface area contributed by atoms with Crippen molar-refractivity contribution in [3.8, 4) is 5.75 Å². The van der Waals surface area contributed by atoms with Crippen molar-refractivity contribution in [1.82, 2.24) is 10.2 Å². The quantitative estimate of drug-likeness (QED) is 0.162. The summed E-state index contributed by atoms with van der Waals surface area (Å²) in [6.45, 7) is 1.86. The third-order valence-electron chi connectivity index (χ3n) is 7.10. The van der Waals surface area contributed by atoms with Crippen LogP contribution in [0, 0.1) is 0 Å². The molecule has 8 nitrogen and oxygen atoms in total. The van der Waals surface area contributed by atoms with Crippen LogP contribution in [0.2, 0.25) is 5.02 Å². The maximum Gasteiger partial charge on any atom is 0.264 e. The summed E-state index contributed by atoms with van der Waals surface area (Å²) < 4.78 is 35.3. The highest BCUT2D eigenvalue weighted by Gasteiger charge is 2.34. The van der Waals surface area contributed by atoms with Gasteiger partial charge in [-0.2, -0.15) is 0 Å². The molecule has 2 amide bonds. The molecule has 0 aromatic heterocycles. The molecule has 0 spiro atoms. The van der Waals surface area contributed by atoms with Gasteiger partial charge in [-0.25, -0.2) is 8.42 Å². The van der Waals surface area contributed by atoms with Gasteiger partial charge in [0, 0.05) is 24.0 Å². The van der Waals surface area contributed by atoms with E-state index in [2.05, 4.69) is 21.2 Å². The molecule has 0 aliphatic rings. The molecule has 0 radical (unpaired) electrons. The van der Waals surface area contributed by atoms with Crippen LogP contribution in [-0.2, 0) is 32.6 Å². The minimum atomic E-state index is -4.24. The number of carbonyl (C=O) groups excluding carboxylic acids is 2. The average Bonchev–Trinajstić information content (AvgIpc) is 3.04. The minimum Gasteiger partial charge on any atom is -0.495 e. The first-order valence-electron chi connectivity index (χ1n) is 14.4. The summed E-state index contributed by atoms with van der Waals surface area (Å²) in [6.07, 6.45) is 0.945. The lowest BCUT2D eigenvalue weighted by atomic mass is 10.0. The molecule has 0 aliphatic heterocycles. The summed E-state index contributed by atoms with van der Waals surface area (Å²) in [5, 5.41) is 3.12. The van der Waals surface area contributed by atoms with Gasteiger partial charge in [0.1, 0.15) is 18.3 Å². The van der Waals surface area contributed by atoms with E-state index in [-0.39, 0.29) is 34.5 Å². The van der Waals surface area contributed by atoms with E-state index in [0.717, 1.165) is 19.9 Å². The summed E-state index contributed by atoms with van der Waals surface area (Å²) in [6, 6.07) is 28.3. The number of nitrogens with zero attached hydrogens (tertiary/aromatic N) is 2. The number of hydrogen-bond acceptors (Lipinski definition) is 5. The number of rotatable bonds is 14. The van der Waals surface area contributed by atoms with E-state index in [1.54, 1.807) is 24.3 Å². The van der Waals surface area contributed by atoms with Crippen LogP contribution in [0.4, 0.5) is 5.69 Å². The lowest BCUT2D eigenvalue weighted by molar-refractivity contribution is -0.140. The van der Waals surface area contributed by atoms with E-state index in [1.807, 2.05) is 61.5 Å². The van der Waals surface area contributed by atoms with Gasteiger partial charge in [0.15, 0.2) is 0 Å². The first-order valence-corrected chi connectivity index (χ1v) is 17.0. The van der Waals surface area contributed by atoms with Crippen molar-refractivity contribution in [3.05, 3.63) is 124 Å². The predicted octanol–water partition coefficient (Wildman–Crippen LogP) is 6.47. The Bertz CT molecular complexity index is 1710. The second kappa shape index (κ2) is 15.9. The number of hydrogen-bond donors (Lipinski definition) is 1. The van der Waals surface area contributed by atoms with Crippen LogP contribution in [0.15, 0.2) is 112 Å². The molecular formula is C34H35BrClN3O5S. The molecule has 1 atom stereocenters. The Kier molecular flexibility index (Phi) is 12.0. The summed E-state index contributed by atoms with van der Waals surface area (Å²) >= 11 is 9.91. The zero-order valence-corrected chi connectivity index (χ0v) is 28.2. The van der Waals surface area contributed by atoms with Gasteiger partial charge in [0.25, 0.3) is 10.0 Å². The van der Waals surface area contributed by atoms with Gasteiger partial charge in [-0.3, -0.25) is 13.9 Å². The molecule has 0 aliphatic carbocycles. The van der Waals surface area contributed by atoms with E-state index in [1.165, 1.54) is 36.3 Å². The highest BCUT2D eigenvalue weighted by atomic mass is 79.9. The molecule has 0 saturated carbocycles. The lowest BCUT2D eigenvalue weighted by Gasteiger charge is -2.34. The number of nitrogens with one attached hydrogen (secondary N) is 1. The van der Waals surface area contributed by atoms with Gasteiger partial charge in [0.05, 0.1) is 22.7 Å². The lowest BCUT2D eigenvalue weighted by Crippen LogP contribution is -2.53. The van der Waals surface area contributed by atoms with Crippen molar-refractivity contribution >= 4 is 55.1 Å². The average molecular weight is 713 g/mol. The molecule has 1 N–H and O–H groups in total.